The van der Waals surface area contributed by atoms with Crippen LogP contribution in [0.15, 0.2) is 24.3 Å². The molecule has 5 rings (SSSR count). The molecule has 3 saturated heterocycles. The van der Waals surface area contributed by atoms with Gasteiger partial charge in [-0.05, 0) is 45.6 Å². The van der Waals surface area contributed by atoms with Crippen LogP contribution >= 0.6 is 0 Å². The SMILES string of the molecule is CC(C)n1nc(C(=O)N[C@@H]2C[C@H]3CC[C@@H](C2)N3CCN2CCS(=O)(=O)CC2)c2ccccc21. The van der Waals surface area contributed by atoms with Crippen molar-refractivity contribution in [1.82, 2.24) is 24.9 Å². The van der Waals surface area contributed by atoms with E-state index in [1.54, 1.807) is 0 Å². The second-order valence-corrected chi connectivity index (χ2v) is 12.5. The third kappa shape index (κ3) is 4.68. The van der Waals surface area contributed by atoms with Crippen molar-refractivity contribution in [2.24, 2.45) is 0 Å². The van der Waals surface area contributed by atoms with Gasteiger partial charge in [0.05, 0.1) is 17.0 Å². The molecule has 1 aromatic heterocycles. The molecule has 0 unspecified atom stereocenters. The van der Waals surface area contributed by atoms with Crippen LogP contribution in [-0.4, -0.2) is 89.7 Å². The highest BCUT2D eigenvalue weighted by Gasteiger charge is 2.41. The van der Waals surface area contributed by atoms with E-state index in [1.165, 1.54) is 12.8 Å². The first-order valence-corrected chi connectivity index (χ1v) is 14.1. The van der Waals surface area contributed by atoms with Crippen molar-refractivity contribution >= 4 is 26.6 Å². The second kappa shape index (κ2) is 9.00. The fourth-order valence-electron chi connectivity index (χ4n) is 5.89. The van der Waals surface area contributed by atoms with Crippen LogP contribution in [0.3, 0.4) is 0 Å². The highest BCUT2D eigenvalue weighted by molar-refractivity contribution is 7.91. The fraction of sp³-hybridized carbons (Fsp3) is 0.667. The van der Waals surface area contributed by atoms with Crippen molar-refractivity contribution < 1.29 is 13.2 Å². The number of sulfone groups is 1. The van der Waals surface area contributed by atoms with E-state index >= 15 is 0 Å². The molecular weight excluding hydrogens is 438 g/mol. The lowest BCUT2D eigenvalue weighted by atomic mass is 9.97. The molecule has 1 aromatic carbocycles. The number of aromatic nitrogens is 2. The third-order valence-electron chi connectivity index (χ3n) is 7.65. The number of piperidine rings is 1. The molecular formula is C24H35N5O3S. The number of nitrogens with zero attached hydrogens (tertiary/aromatic N) is 4. The van der Waals surface area contributed by atoms with E-state index in [9.17, 15) is 13.2 Å². The molecule has 33 heavy (non-hydrogen) atoms. The maximum absolute atomic E-state index is 13.2. The van der Waals surface area contributed by atoms with E-state index in [-0.39, 0.29) is 29.5 Å². The summed E-state index contributed by atoms with van der Waals surface area (Å²) in [6, 6.07) is 9.30. The summed E-state index contributed by atoms with van der Waals surface area (Å²) in [6.45, 7) is 7.38. The number of fused-ring (bicyclic) bond motifs is 3. The molecule has 1 amide bonds. The Bertz CT molecular complexity index is 1100. The lowest BCUT2D eigenvalue weighted by Crippen LogP contribution is -2.52. The van der Waals surface area contributed by atoms with Crippen LogP contribution in [0.5, 0.6) is 0 Å². The molecule has 1 N–H and O–H groups in total. The third-order valence-corrected chi connectivity index (χ3v) is 9.26. The minimum Gasteiger partial charge on any atom is -0.348 e. The topological polar surface area (TPSA) is 87.5 Å². The van der Waals surface area contributed by atoms with Gasteiger partial charge in [0.2, 0.25) is 0 Å². The number of carbonyl (C=O) groups excluding carboxylic acids is 1. The normalized spacial score (nSPS) is 27.9. The summed E-state index contributed by atoms with van der Waals surface area (Å²) in [5.41, 5.74) is 1.52. The van der Waals surface area contributed by atoms with Crippen LogP contribution in [0, 0.1) is 0 Å². The van der Waals surface area contributed by atoms with Gasteiger partial charge < -0.3 is 10.2 Å². The summed E-state index contributed by atoms with van der Waals surface area (Å²) in [5.74, 6) is 0.503. The highest BCUT2D eigenvalue weighted by Crippen LogP contribution is 2.35. The summed E-state index contributed by atoms with van der Waals surface area (Å²) in [4.78, 5) is 18.1. The minimum atomic E-state index is -2.83. The number of hydrogen-bond acceptors (Lipinski definition) is 6. The first-order chi connectivity index (χ1) is 15.8. The average Bonchev–Trinajstić information content (AvgIpc) is 3.28. The predicted molar refractivity (Wildman–Crippen MR) is 129 cm³/mol. The quantitative estimate of drug-likeness (QED) is 0.691. The van der Waals surface area contributed by atoms with Crippen LogP contribution in [0.2, 0.25) is 0 Å². The Morgan fingerprint density at radius 2 is 1.76 bits per heavy atom. The molecule has 3 aliphatic heterocycles. The van der Waals surface area contributed by atoms with Gasteiger partial charge in [0.15, 0.2) is 15.5 Å². The number of carbonyl (C=O) groups is 1. The molecule has 0 spiro atoms. The van der Waals surface area contributed by atoms with Crippen LogP contribution < -0.4 is 5.32 Å². The number of rotatable bonds is 6. The monoisotopic (exact) mass is 473 g/mol. The summed E-state index contributed by atoms with van der Waals surface area (Å²) < 4.78 is 25.3. The number of hydrogen-bond donors (Lipinski definition) is 1. The van der Waals surface area contributed by atoms with Gasteiger partial charge in [-0.25, -0.2) is 8.42 Å². The maximum atomic E-state index is 13.2. The van der Waals surface area contributed by atoms with Crippen molar-refractivity contribution in [1.29, 1.82) is 0 Å². The van der Waals surface area contributed by atoms with Crippen molar-refractivity contribution in [2.45, 2.75) is 63.7 Å². The van der Waals surface area contributed by atoms with Crippen LogP contribution in [0.1, 0.15) is 56.1 Å². The summed E-state index contributed by atoms with van der Waals surface area (Å²) in [5, 5.41) is 8.87. The summed E-state index contributed by atoms with van der Waals surface area (Å²) in [6.07, 6.45) is 4.30. The van der Waals surface area contributed by atoms with Crippen LogP contribution in [-0.2, 0) is 9.84 Å². The summed E-state index contributed by atoms with van der Waals surface area (Å²) >= 11 is 0. The smallest absolute Gasteiger partial charge is 0.272 e. The van der Waals surface area contributed by atoms with E-state index in [4.69, 9.17) is 0 Å². The zero-order valence-electron chi connectivity index (χ0n) is 19.6. The van der Waals surface area contributed by atoms with Gasteiger partial charge in [0.1, 0.15) is 0 Å². The van der Waals surface area contributed by atoms with Crippen molar-refractivity contribution in [3.05, 3.63) is 30.0 Å². The summed E-state index contributed by atoms with van der Waals surface area (Å²) in [7, 11) is -2.83. The van der Waals surface area contributed by atoms with Crippen LogP contribution in [0.4, 0.5) is 0 Å². The lowest BCUT2D eigenvalue weighted by molar-refractivity contribution is 0.0810. The van der Waals surface area contributed by atoms with E-state index in [2.05, 4.69) is 34.1 Å². The largest absolute Gasteiger partial charge is 0.348 e. The average molecular weight is 474 g/mol. The zero-order valence-corrected chi connectivity index (χ0v) is 20.4. The Morgan fingerprint density at radius 3 is 2.42 bits per heavy atom. The molecule has 2 bridgehead atoms. The molecule has 180 valence electrons. The number of amides is 1. The molecule has 0 saturated carbocycles. The Hall–Kier alpha value is -1.97. The van der Waals surface area contributed by atoms with Gasteiger partial charge in [-0.1, -0.05) is 18.2 Å². The molecule has 8 nitrogen and oxygen atoms in total. The number of benzene rings is 1. The van der Waals surface area contributed by atoms with Crippen LogP contribution in [0.25, 0.3) is 10.9 Å². The number of nitrogens with one attached hydrogen (secondary N) is 1. The van der Waals surface area contributed by atoms with E-state index in [0.717, 1.165) is 36.8 Å². The Balaban J connectivity index is 1.20. The van der Waals surface area contributed by atoms with E-state index in [0.29, 0.717) is 30.9 Å². The molecule has 9 heteroatoms. The molecule has 4 heterocycles. The first-order valence-electron chi connectivity index (χ1n) is 12.3. The van der Waals surface area contributed by atoms with E-state index in [1.807, 2.05) is 28.9 Å². The van der Waals surface area contributed by atoms with Gasteiger partial charge in [-0.15, -0.1) is 0 Å². The first kappa shape index (κ1) is 22.8. The van der Waals surface area contributed by atoms with E-state index < -0.39 is 9.84 Å². The molecule has 3 fully saturated rings. The lowest BCUT2D eigenvalue weighted by Gasteiger charge is -2.40. The van der Waals surface area contributed by atoms with Gasteiger partial charge in [-0.2, -0.15) is 5.10 Å². The predicted octanol–water partition coefficient (Wildman–Crippen LogP) is 2.07. The maximum Gasteiger partial charge on any atom is 0.272 e. The van der Waals surface area contributed by atoms with Gasteiger partial charge in [0.25, 0.3) is 5.91 Å². The highest BCUT2D eigenvalue weighted by atomic mass is 32.2. The number of para-hydroxylation sites is 1. The van der Waals surface area contributed by atoms with Gasteiger partial charge in [-0.3, -0.25) is 14.4 Å². The zero-order chi connectivity index (χ0) is 23.2. The van der Waals surface area contributed by atoms with Gasteiger partial charge in [0, 0.05) is 55.7 Å². The Labute approximate surface area is 196 Å². The molecule has 2 aromatic rings. The second-order valence-electron chi connectivity index (χ2n) is 10.2. The van der Waals surface area contributed by atoms with Crippen molar-refractivity contribution in [2.75, 3.05) is 37.7 Å². The van der Waals surface area contributed by atoms with Crippen molar-refractivity contribution in [3.8, 4) is 0 Å². The molecule has 3 atom stereocenters. The van der Waals surface area contributed by atoms with Gasteiger partial charge >= 0.3 is 0 Å². The Morgan fingerprint density at radius 1 is 1.09 bits per heavy atom. The molecule has 0 radical (unpaired) electrons. The standard InChI is InChI=1S/C24H35N5O3S/c1-17(2)29-22-6-4-3-5-21(22)23(26-29)24(30)25-18-15-19-7-8-20(16-18)28(19)10-9-27-11-13-33(31,32)14-12-27/h3-6,17-20H,7-16H2,1-2H3,(H,25,30)/t18-,19-,20+. The Kier molecular flexibility index (Phi) is 6.22. The molecule has 3 aliphatic rings. The van der Waals surface area contributed by atoms with Crippen molar-refractivity contribution in [3.63, 3.8) is 0 Å². The fourth-order valence-corrected chi connectivity index (χ4v) is 7.17. The minimum absolute atomic E-state index is 0.0713. The molecule has 0 aliphatic carbocycles.